The zero-order valence-corrected chi connectivity index (χ0v) is 25.7. The molecule has 0 spiro atoms. The highest BCUT2D eigenvalue weighted by atomic mass is 35.5. The second kappa shape index (κ2) is 16.0. The highest BCUT2D eigenvalue weighted by Gasteiger charge is 2.23. The van der Waals surface area contributed by atoms with E-state index in [1.54, 1.807) is 42.3 Å². The highest BCUT2D eigenvalue weighted by molar-refractivity contribution is 6.33. The highest BCUT2D eigenvalue weighted by Crippen LogP contribution is 2.31. The maximum Gasteiger partial charge on any atom is 0.338 e. The van der Waals surface area contributed by atoms with Crippen LogP contribution in [0, 0.1) is 12.8 Å². The largest absolute Gasteiger partial charge is 0.456 e. The first kappa shape index (κ1) is 33.8. The van der Waals surface area contributed by atoms with Gasteiger partial charge in [-0.1, -0.05) is 67.9 Å². The molecule has 212 valence electrons. The maximum atomic E-state index is 12.4. The lowest BCUT2D eigenvalue weighted by molar-refractivity contribution is -0.149. The van der Waals surface area contributed by atoms with Gasteiger partial charge in [-0.05, 0) is 83.6 Å². The summed E-state index contributed by atoms with van der Waals surface area (Å²) in [7, 11) is 1.78. The van der Waals surface area contributed by atoms with E-state index in [1.165, 1.54) is 0 Å². The molecule has 1 amide bonds. The Bertz CT molecular complexity index is 1190. The monoisotopic (exact) mass is 553 g/mol. The maximum absolute atomic E-state index is 12.4. The molecule has 0 aliphatic heterocycles. The summed E-state index contributed by atoms with van der Waals surface area (Å²) in [6.07, 6.45) is 6.47. The number of aryl methyl sites for hydroxylation is 1. The van der Waals surface area contributed by atoms with Gasteiger partial charge >= 0.3 is 5.97 Å². The Kier molecular flexibility index (Phi) is 13.9. The van der Waals surface area contributed by atoms with E-state index in [1.807, 2.05) is 65.8 Å². The molecule has 0 aliphatic rings. The number of ether oxygens (including phenoxy) is 1. The topological polar surface area (TPSA) is 63.7 Å². The van der Waals surface area contributed by atoms with Gasteiger partial charge in [0.2, 0.25) is 0 Å². The second-order valence-corrected chi connectivity index (χ2v) is 11.3. The number of hydrogen-bond donors (Lipinski definition) is 0. The van der Waals surface area contributed by atoms with Crippen LogP contribution in [0.3, 0.4) is 0 Å². The Morgan fingerprint density at radius 2 is 1.67 bits per heavy atom. The first-order valence-corrected chi connectivity index (χ1v) is 13.8. The van der Waals surface area contributed by atoms with Gasteiger partial charge in [-0.15, -0.1) is 0 Å². The molecule has 0 heterocycles. The fraction of sp³-hybridized carbons (Fsp3) is 0.424. The van der Waals surface area contributed by atoms with E-state index in [4.69, 9.17) is 16.3 Å². The molecule has 5 nitrogen and oxygen atoms in total. The fourth-order valence-electron chi connectivity index (χ4n) is 3.85. The number of rotatable bonds is 9. The van der Waals surface area contributed by atoms with Gasteiger partial charge in [0.25, 0.3) is 5.91 Å². The summed E-state index contributed by atoms with van der Waals surface area (Å²) < 4.78 is 5.47. The van der Waals surface area contributed by atoms with Crippen LogP contribution < -0.4 is 0 Å². The molecule has 39 heavy (non-hydrogen) atoms. The molecule has 6 heteroatoms. The van der Waals surface area contributed by atoms with E-state index < -0.39 is 5.60 Å². The molecular weight excluding hydrogens is 510 g/mol. The van der Waals surface area contributed by atoms with Gasteiger partial charge in [0.1, 0.15) is 5.60 Å². The Labute approximate surface area is 239 Å². The summed E-state index contributed by atoms with van der Waals surface area (Å²) in [4.78, 5) is 37.1. The van der Waals surface area contributed by atoms with Crippen molar-refractivity contribution in [2.75, 3.05) is 13.6 Å². The van der Waals surface area contributed by atoms with Gasteiger partial charge < -0.3 is 9.64 Å². The fourth-order valence-corrected chi connectivity index (χ4v) is 4.19. The molecule has 2 rings (SSSR count). The standard InChI is InChI=1S/C18H23ClO2.C15H21NO2/c1-7-13(15-10-9-12(3)11-16(15)19)14(8-2)17(20)21-18(4,5)6;1-12(2)7-6-10-16(3)15(18)14-9-5-4-8-13(14)11-17/h7-11H,1-6H3;4-5,8-9,11-12H,6-7,10H2,1-3H3/b13-7+,14-8+;. The molecule has 0 atom stereocenters. The molecule has 0 bridgehead atoms. The number of carbonyl (C=O) groups excluding carboxylic acids is 3. The van der Waals surface area contributed by atoms with Crippen molar-refractivity contribution in [1.82, 2.24) is 4.90 Å². The van der Waals surface area contributed by atoms with E-state index in [2.05, 4.69) is 13.8 Å². The van der Waals surface area contributed by atoms with E-state index in [0.29, 0.717) is 27.6 Å². The van der Waals surface area contributed by atoms with Crippen molar-refractivity contribution in [3.05, 3.63) is 87.5 Å². The Balaban J connectivity index is 0.000000395. The van der Waals surface area contributed by atoms with Gasteiger partial charge in [-0.2, -0.15) is 0 Å². The lowest BCUT2D eigenvalue weighted by atomic mass is 9.96. The first-order chi connectivity index (χ1) is 18.2. The van der Waals surface area contributed by atoms with Crippen LogP contribution in [0.15, 0.2) is 60.2 Å². The van der Waals surface area contributed by atoms with E-state index >= 15 is 0 Å². The Hall–Kier alpha value is -3.18. The summed E-state index contributed by atoms with van der Waals surface area (Å²) >= 11 is 6.32. The van der Waals surface area contributed by atoms with Crippen LogP contribution in [0.1, 0.15) is 93.2 Å². The predicted octanol–water partition coefficient (Wildman–Crippen LogP) is 8.35. The molecule has 0 saturated carbocycles. The number of benzene rings is 2. The van der Waals surface area contributed by atoms with Gasteiger partial charge in [-0.3, -0.25) is 9.59 Å². The van der Waals surface area contributed by atoms with Crippen molar-refractivity contribution < 1.29 is 19.1 Å². The number of aldehydes is 1. The Morgan fingerprint density at radius 3 is 2.18 bits per heavy atom. The summed E-state index contributed by atoms with van der Waals surface area (Å²) in [6, 6.07) is 12.7. The van der Waals surface area contributed by atoms with Crippen LogP contribution in [-0.4, -0.2) is 42.3 Å². The van der Waals surface area contributed by atoms with Crippen LogP contribution in [0.4, 0.5) is 0 Å². The smallest absolute Gasteiger partial charge is 0.338 e. The van der Waals surface area contributed by atoms with Gasteiger partial charge in [-0.25, -0.2) is 4.79 Å². The number of nitrogens with zero attached hydrogens (tertiary/aromatic N) is 1. The number of allylic oxidation sites excluding steroid dienone is 2. The third-order valence-corrected chi connectivity index (χ3v) is 6.15. The summed E-state index contributed by atoms with van der Waals surface area (Å²) in [5.41, 5.74) is 3.65. The molecule has 0 aromatic heterocycles. The Morgan fingerprint density at radius 1 is 1.03 bits per heavy atom. The minimum atomic E-state index is -0.527. The third-order valence-electron chi connectivity index (χ3n) is 5.84. The van der Waals surface area contributed by atoms with Crippen molar-refractivity contribution in [2.24, 2.45) is 5.92 Å². The van der Waals surface area contributed by atoms with Crippen LogP contribution in [0.25, 0.3) is 5.57 Å². The van der Waals surface area contributed by atoms with E-state index in [-0.39, 0.29) is 11.9 Å². The van der Waals surface area contributed by atoms with Crippen molar-refractivity contribution in [3.63, 3.8) is 0 Å². The minimum Gasteiger partial charge on any atom is -0.456 e. The number of carbonyl (C=O) groups is 3. The molecule has 0 saturated heterocycles. The summed E-state index contributed by atoms with van der Waals surface area (Å²) in [5, 5.41) is 0.631. The van der Waals surface area contributed by atoms with Crippen molar-refractivity contribution in [2.45, 2.75) is 73.8 Å². The zero-order valence-electron chi connectivity index (χ0n) is 24.9. The van der Waals surface area contributed by atoms with E-state index in [0.717, 1.165) is 42.4 Å². The predicted molar refractivity (Wildman–Crippen MR) is 162 cm³/mol. The van der Waals surface area contributed by atoms with Crippen molar-refractivity contribution in [3.8, 4) is 0 Å². The molecule has 0 unspecified atom stereocenters. The van der Waals surface area contributed by atoms with Gasteiger partial charge in [0.15, 0.2) is 6.29 Å². The van der Waals surface area contributed by atoms with Crippen LogP contribution in [0.5, 0.6) is 0 Å². The molecule has 0 radical (unpaired) electrons. The van der Waals surface area contributed by atoms with Crippen molar-refractivity contribution in [1.29, 1.82) is 0 Å². The van der Waals surface area contributed by atoms with Gasteiger partial charge in [0.05, 0.1) is 11.1 Å². The SMILES string of the molecule is C/C=C(C(=O)OC(C)(C)C)\C(=C/C)c1ccc(C)cc1Cl.CC(C)CCCN(C)C(=O)c1ccccc1C=O. The van der Waals surface area contributed by atoms with Crippen LogP contribution in [-0.2, 0) is 9.53 Å². The number of amides is 1. The summed E-state index contributed by atoms with van der Waals surface area (Å²) in [6.45, 7) is 16.3. The molecule has 0 N–H and O–H groups in total. The molecule has 0 aliphatic carbocycles. The minimum absolute atomic E-state index is 0.0820. The molecule has 2 aromatic rings. The van der Waals surface area contributed by atoms with Crippen LogP contribution in [0.2, 0.25) is 5.02 Å². The van der Waals surface area contributed by atoms with Crippen LogP contribution >= 0.6 is 11.6 Å². The number of halogens is 1. The molecule has 2 aromatic carbocycles. The average Bonchev–Trinajstić information content (AvgIpc) is 2.86. The lowest BCUT2D eigenvalue weighted by Gasteiger charge is -2.22. The van der Waals surface area contributed by atoms with Crippen molar-refractivity contribution >= 4 is 35.3 Å². The average molecular weight is 554 g/mol. The van der Waals surface area contributed by atoms with E-state index in [9.17, 15) is 14.4 Å². The second-order valence-electron chi connectivity index (χ2n) is 10.9. The normalized spacial score (nSPS) is 12.0. The molecular formula is C33H44ClNO4. The number of hydrogen-bond acceptors (Lipinski definition) is 4. The third kappa shape index (κ3) is 11.2. The van der Waals surface area contributed by atoms with Gasteiger partial charge in [0, 0.05) is 29.7 Å². The lowest BCUT2D eigenvalue weighted by Crippen LogP contribution is -2.28. The molecule has 0 fully saturated rings. The summed E-state index contributed by atoms with van der Waals surface area (Å²) in [5.74, 6) is 0.229. The first-order valence-electron chi connectivity index (χ1n) is 13.4. The quantitative estimate of drug-likeness (QED) is 0.135. The zero-order chi connectivity index (χ0) is 29.8. The number of esters is 1.